The first-order valence-electron chi connectivity index (χ1n) is 4.65. The molecule has 1 rings (SSSR count). The Bertz CT molecular complexity index is 215. The van der Waals surface area contributed by atoms with Crippen molar-refractivity contribution in [3.05, 3.63) is 12.2 Å². The summed E-state index contributed by atoms with van der Waals surface area (Å²) in [5, 5.41) is 3.07. The van der Waals surface area contributed by atoms with Crippen molar-refractivity contribution in [1.82, 2.24) is 5.32 Å². The molecular formula is C10H16ClNO. The molecule has 0 radical (unpaired) electrons. The lowest BCUT2D eigenvalue weighted by molar-refractivity contribution is -0.119. The van der Waals surface area contributed by atoms with E-state index in [1.807, 2.05) is 0 Å². The van der Waals surface area contributed by atoms with Crippen molar-refractivity contribution in [2.75, 3.05) is 6.54 Å². The standard InChI is InChI=1S/C10H16ClNO/c1-7-5-10(11)4-3-9(7)6-12-8(2)13/h9-10H,1,3-6H2,2H3,(H,12,13). The van der Waals surface area contributed by atoms with E-state index in [0.717, 1.165) is 25.8 Å². The smallest absolute Gasteiger partial charge is 0.216 e. The predicted molar refractivity (Wildman–Crippen MR) is 54.8 cm³/mol. The number of carbonyl (C=O) groups is 1. The van der Waals surface area contributed by atoms with Gasteiger partial charge in [0.15, 0.2) is 0 Å². The molecule has 3 heteroatoms. The van der Waals surface area contributed by atoms with Crippen LogP contribution < -0.4 is 5.32 Å². The van der Waals surface area contributed by atoms with Gasteiger partial charge >= 0.3 is 0 Å². The van der Waals surface area contributed by atoms with E-state index in [0.29, 0.717) is 5.92 Å². The maximum absolute atomic E-state index is 10.7. The minimum atomic E-state index is 0.0285. The lowest BCUT2D eigenvalue weighted by Gasteiger charge is -2.27. The SMILES string of the molecule is C=C1CC(Cl)CCC1CNC(C)=O. The van der Waals surface area contributed by atoms with E-state index in [1.165, 1.54) is 12.5 Å². The lowest BCUT2D eigenvalue weighted by atomic mass is 9.85. The van der Waals surface area contributed by atoms with E-state index in [1.54, 1.807) is 0 Å². The second-order valence-electron chi connectivity index (χ2n) is 3.67. The van der Waals surface area contributed by atoms with Crippen molar-refractivity contribution in [1.29, 1.82) is 0 Å². The quantitative estimate of drug-likeness (QED) is 0.538. The Hall–Kier alpha value is -0.500. The number of alkyl halides is 1. The molecule has 0 saturated heterocycles. The van der Waals surface area contributed by atoms with Gasteiger partial charge in [-0.1, -0.05) is 12.2 Å². The molecule has 1 aliphatic carbocycles. The van der Waals surface area contributed by atoms with E-state index in [2.05, 4.69) is 11.9 Å². The molecule has 1 saturated carbocycles. The summed E-state index contributed by atoms with van der Waals surface area (Å²) in [5.74, 6) is 0.458. The fraction of sp³-hybridized carbons (Fsp3) is 0.700. The molecule has 13 heavy (non-hydrogen) atoms. The topological polar surface area (TPSA) is 29.1 Å². The second kappa shape index (κ2) is 4.66. The molecule has 0 aliphatic heterocycles. The van der Waals surface area contributed by atoms with Gasteiger partial charge in [-0.25, -0.2) is 0 Å². The summed E-state index contributed by atoms with van der Waals surface area (Å²) in [5.41, 5.74) is 1.18. The molecular weight excluding hydrogens is 186 g/mol. The van der Waals surface area contributed by atoms with Crippen molar-refractivity contribution in [2.45, 2.75) is 31.6 Å². The van der Waals surface area contributed by atoms with Gasteiger partial charge in [0.25, 0.3) is 0 Å². The average Bonchev–Trinajstić information content (AvgIpc) is 2.02. The van der Waals surface area contributed by atoms with Crippen molar-refractivity contribution in [2.24, 2.45) is 5.92 Å². The molecule has 2 nitrogen and oxygen atoms in total. The zero-order valence-corrected chi connectivity index (χ0v) is 8.73. The number of hydrogen-bond acceptors (Lipinski definition) is 1. The monoisotopic (exact) mass is 201 g/mol. The Morgan fingerprint density at radius 1 is 1.69 bits per heavy atom. The fourth-order valence-electron chi connectivity index (χ4n) is 1.65. The summed E-state index contributed by atoms with van der Waals surface area (Å²) in [4.78, 5) is 10.7. The largest absolute Gasteiger partial charge is 0.356 e. The van der Waals surface area contributed by atoms with Crippen LogP contribution in [0.25, 0.3) is 0 Å². The Morgan fingerprint density at radius 2 is 2.38 bits per heavy atom. The lowest BCUT2D eigenvalue weighted by Crippen LogP contribution is -2.30. The van der Waals surface area contributed by atoms with Gasteiger partial charge in [0.1, 0.15) is 0 Å². The van der Waals surface area contributed by atoms with Crippen LogP contribution in [0.2, 0.25) is 0 Å². The van der Waals surface area contributed by atoms with Crippen LogP contribution in [0.1, 0.15) is 26.2 Å². The van der Waals surface area contributed by atoms with Gasteiger partial charge in [-0.05, 0) is 25.2 Å². The Balaban J connectivity index is 2.34. The van der Waals surface area contributed by atoms with E-state index < -0.39 is 0 Å². The van der Waals surface area contributed by atoms with Gasteiger partial charge in [-0.15, -0.1) is 11.6 Å². The van der Waals surface area contributed by atoms with E-state index in [-0.39, 0.29) is 11.3 Å². The highest BCUT2D eigenvalue weighted by Gasteiger charge is 2.22. The summed E-state index contributed by atoms with van der Waals surface area (Å²) < 4.78 is 0. The van der Waals surface area contributed by atoms with Crippen LogP contribution in [0.3, 0.4) is 0 Å². The third-order valence-electron chi connectivity index (χ3n) is 2.49. The molecule has 0 aromatic rings. The Morgan fingerprint density at radius 3 is 2.92 bits per heavy atom. The van der Waals surface area contributed by atoms with Crippen molar-refractivity contribution >= 4 is 17.5 Å². The number of hydrogen-bond donors (Lipinski definition) is 1. The van der Waals surface area contributed by atoms with Crippen LogP contribution >= 0.6 is 11.6 Å². The molecule has 0 heterocycles. The third-order valence-corrected chi connectivity index (χ3v) is 2.86. The first kappa shape index (κ1) is 10.6. The van der Waals surface area contributed by atoms with Crippen LogP contribution in [-0.2, 0) is 4.79 Å². The van der Waals surface area contributed by atoms with Crippen LogP contribution in [-0.4, -0.2) is 17.8 Å². The van der Waals surface area contributed by atoms with E-state index >= 15 is 0 Å². The van der Waals surface area contributed by atoms with E-state index in [9.17, 15) is 4.79 Å². The van der Waals surface area contributed by atoms with Gasteiger partial charge < -0.3 is 5.32 Å². The fourth-order valence-corrected chi connectivity index (χ4v) is 1.98. The van der Waals surface area contributed by atoms with Gasteiger partial charge in [0, 0.05) is 18.8 Å². The Labute approximate surface area is 84.3 Å². The second-order valence-corrected chi connectivity index (χ2v) is 4.29. The number of rotatable bonds is 2. The van der Waals surface area contributed by atoms with E-state index in [4.69, 9.17) is 11.6 Å². The highest BCUT2D eigenvalue weighted by atomic mass is 35.5. The maximum atomic E-state index is 10.7. The molecule has 0 spiro atoms. The minimum Gasteiger partial charge on any atom is -0.356 e. The van der Waals surface area contributed by atoms with Crippen LogP contribution in [0.4, 0.5) is 0 Å². The van der Waals surface area contributed by atoms with Crippen LogP contribution in [0, 0.1) is 5.92 Å². The highest BCUT2D eigenvalue weighted by Crippen LogP contribution is 2.30. The zero-order chi connectivity index (χ0) is 9.84. The van der Waals surface area contributed by atoms with Gasteiger partial charge in [-0.2, -0.15) is 0 Å². The van der Waals surface area contributed by atoms with Crippen molar-refractivity contribution in [3.63, 3.8) is 0 Å². The first-order valence-corrected chi connectivity index (χ1v) is 5.09. The number of halogens is 1. The summed E-state index contributed by atoms with van der Waals surface area (Å²) in [7, 11) is 0. The number of amides is 1. The van der Waals surface area contributed by atoms with Crippen LogP contribution in [0.15, 0.2) is 12.2 Å². The van der Waals surface area contributed by atoms with Crippen LogP contribution in [0.5, 0.6) is 0 Å². The molecule has 1 N–H and O–H groups in total. The Kier molecular flexibility index (Phi) is 3.79. The number of nitrogens with one attached hydrogen (secondary N) is 1. The molecule has 1 amide bonds. The molecule has 0 aromatic heterocycles. The summed E-state index contributed by atoms with van der Waals surface area (Å²) >= 11 is 5.99. The van der Waals surface area contributed by atoms with Crippen molar-refractivity contribution < 1.29 is 4.79 Å². The molecule has 74 valence electrons. The normalized spacial score (nSPS) is 28.6. The number of carbonyl (C=O) groups excluding carboxylic acids is 1. The predicted octanol–water partition coefficient (Wildman–Crippen LogP) is 2.09. The van der Waals surface area contributed by atoms with Gasteiger partial charge in [0.2, 0.25) is 5.91 Å². The first-order chi connectivity index (χ1) is 6.09. The maximum Gasteiger partial charge on any atom is 0.216 e. The van der Waals surface area contributed by atoms with Gasteiger partial charge in [-0.3, -0.25) is 4.79 Å². The summed E-state index contributed by atoms with van der Waals surface area (Å²) in [6.45, 7) is 6.25. The molecule has 2 unspecified atom stereocenters. The molecule has 0 bridgehead atoms. The molecule has 1 aliphatic rings. The summed E-state index contributed by atoms with van der Waals surface area (Å²) in [6, 6.07) is 0. The minimum absolute atomic E-state index is 0.0285. The highest BCUT2D eigenvalue weighted by molar-refractivity contribution is 6.20. The zero-order valence-electron chi connectivity index (χ0n) is 7.98. The van der Waals surface area contributed by atoms with Crippen molar-refractivity contribution in [3.8, 4) is 0 Å². The van der Waals surface area contributed by atoms with Gasteiger partial charge in [0.05, 0.1) is 0 Å². The average molecular weight is 202 g/mol. The summed E-state index contributed by atoms with van der Waals surface area (Å²) in [6.07, 6.45) is 2.98. The molecule has 1 fully saturated rings. The molecule has 0 aromatic carbocycles. The molecule has 2 atom stereocenters. The third kappa shape index (κ3) is 3.39.